The topological polar surface area (TPSA) is 46.9 Å². The lowest BCUT2D eigenvalue weighted by atomic mass is 10.1. The summed E-state index contributed by atoms with van der Waals surface area (Å²) in [7, 11) is 0. The van der Waals surface area contributed by atoms with Crippen molar-refractivity contribution < 1.29 is 4.79 Å². The summed E-state index contributed by atoms with van der Waals surface area (Å²) in [5.74, 6) is 0.729. The van der Waals surface area contributed by atoms with Crippen LogP contribution >= 0.6 is 0 Å². The van der Waals surface area contributed by atoms with Gasteiger partial charge in [0.1, 0.15) is 0 Å². The Morgan fingerprint density at radius 1 is 1.47 bits per heavy atom. The summed E-state index contributed by atoms with van der Waals surface area (Å²) in [6.07, 6.45) is 0. The van der Waals surface area contributed by atoms with E-state index in [1.165, 1.54) is 0 Å². The zero-order valence-corrected chi connectivity index (χ0v) is 8.40. The van der Waals surface area contributed by atoms with Crippen LogP contribution in [0.4, 0.5) is 5.95 Å². The van der Waals surface area contributed by atoms with Gasteiger partial charge in [0.05, 0.1) is 17.0 Å². The van der Waals surface area contributed by atoms with E-state index >= 15 is 0 Å². The summed E-state index contributed by atoms with van der Waals surface area (Å²) in [5.41, 5.74) is 2.02. The van der Waals surface area contributed by atoms with Gasteiger partial charge in [0.15, 0.2) is 0 Å². The highest BCUT2D eigenvalue weighted by atomic mass is 16.2. The molecule has 1 aliphatic rings. The highest BCUT2D eigenvalue weighted by Gasteiger charge is 2.24. The molecule has 15 heavy (non-hydrogen) atoms. The van der Waals surface area contributed by atoms with Crippen molar-refractivity contribution in [2.45, 2.75) is 13.5 Å². The Kier molecular flexibility index (Phi) is 1.59. The van der Waals surface area contributed by atoms with Crippen molar-refractivity contribution in [2.24, 2.45) is 5.92 Å². The van der Waals surface area contributed by atoms with E-state index < -0.39 is 0 Å². The van der Waals surface area contributed by atoms with Crippen LogP contribution in [0.5, 0.6) is 0 Å². The van der Waals surface area contributed by atoms with Gasteiger partial charge in [-0.15, -0.1) is 0 Å². The summed E-state index contributed by atoms with van der Waals surface area (Å²) in [5, 5.41) is 2.81. The van der Waals surface area contributed by atoms with Crippen molar-refractivity contribution in [1.29, 1.82) is 0 Å². The fraction of sp³-hybridized carbons (Fsp3) is 0.273. The summed E-state index contributed by atoms with van der Waals surface area (Å²) in [6, 6.07) is 7.92. The third kappa shape index (κ3) is 1.14. The highest BCUT2D eigenvalue weighted by Crippen LogP contribution is 2.24. The second kappa shape index (κ2) is 2.82. The molecular weight excluding hydrogens is 190 g/mol. The van der Waals surface area contributed by atoms with Gasteiger partial charge in [0.25, 0.3) is 0 Å². The molecule has 0 saturated carbocycles. The minimum Gasteiger partial charge on any atom is -0.309 e. The first-order chi connectivity index (χ1) is 7.25. The van der Waals surface area contributed by atoms with Gasteiger partial charge in [-0.25, -0.2) is 4.98 Å². The Balaban J connectivity index is 2.25. The summed E-state index contributed by atoms with van der Waals surface area (Å²) in [6.45, 7) is 2.63. The molecule has 1 N–H and O–H groups in total. The van der Waals surface area contributed by atoms with Gasteiger partial charge in [-0.05, 0) is 12.1 Å². The minimum atomic E-state index is 0.00936. The second-order valence-corrected chi connectivity index (χ2v) is 3.93. The number of nitrogens with one attached hydrogen (secondary N) is 1. The number of fused-ring (bicyclic) bond motifs is 3. The average Bonchev–Trinajstić information content (AvgIpc) is 2.57. The molecule has 1 aliphatic heterocycles. The van der Waals surface area contributed by atoms with Crippen LogP contribution in [0.2, 0.25) is 0 Å². The molecule has 0 unspecified atom stereocenters. The fourth-order valence-corrected chi connectivity index (χ4v) is 1.95. The Morgan fingerprint density at radius 2 is 2.27 bits per heavy atom. The first kappa shape index (κ1) is 8.47. The standard InChI is InChI=1S/C11H11N3O/c1-7-6-14-9-5-3-2-4-8(9)12-11(14)13-10(7)15/h2-5,7H,6H2,1H3,(H,12,13,15)/t7-/m1/s1. The quantitative estimate of drug-likeness (QED) is 0.704. The predicted octanol–water partition coefficient (Wildman–Crippen LogP) is 1.62. The highest BCUT2D eigenvalue weighted by molar-refractivity contribution is 5.94. The molecule has 3 rings (SSSR count). The monoisotopic (exact) mass is 201 g/mol. The first-order valence-corrected chi connectivity index (χ1v) is 5.02. The average molecular weight is 201 g/mol. The molecule has 1 aromatic carbocycles. The van der Waals surface area contributed by atoms with Crippen molar-refractivity contribution in [3.8, 4) is 0 Å². The van der Waals surface area contributed by atoms with Gasteiger partial charge in [-0.1, -0.05) is 19.1 Å². The van der Waals surface area contributed by atoms with Crippen molar-refractivity contribution in [2.75, 3.05) is 5.32 Å². The van der Waals surface area contributed by atoms with E-state index in [0.29, 0.717) is 12.5 Å². The van der Waals surface area contributed by atoms with E-state index in [2.05, 4.69) is 14.9 Å². The number of rotatable bonds is 0. The molecule has 1 amide bonds. The Hall–Kier alpha value is -1.84. The lowest BCUT2D eigenvalue weighted by Gasteiger charge is -2.20. The van der Waals surface area contributed by atoms with Crippen LogP contribution in [0.1, 0.15) is 6.92 Å². The van der Waals surface area contributed by atoms with Crippen LogP contribution in [0, 0.1) is 5.92 Å². The van der Waals surface area contributed by atoms with Gasteiger partial charge >= 0.3 is 0 Å². The number of para-hydroxylation sites is 2. The van der Waals surface area contributed by atoms with Crippen LogP contribution in [0.15, 0.2) is 24.3 Å². The number of imidazole rings is 1. The molecule has 2 heterocycles. The van der Waals surface area contributed by atoms with Crippen molar-refractivity contribution in [3.63, 3.8) is 0 Å². The fourth-order valence-electron chi connectivity index (χ4n) is 1.95. The lowest BCUT2D eigenvalue weighted by Crippen LogP contribution is -2.31. The molecule has 0 bridgehead atoms. The molecule has 0 aliphatic carbocycles. The molecule has 0 radical (unpaired) electrons. The second-order valence-electron chi connectivity index (χ2n) is 3.93. The third-order valence-electron chi connectivity index (χ3n) is 2.79. The van der Waals surface area contributed by atoms with Crippen LogP contribution in [-0.4, -0.2) is 15.5 Å². The van der Waals surface area contributed by atoms with E-state index in [4.69, 9.17) is 0 Å². The molecule has 76 valence electrons. The van der Waals surface area contributed by atoms with Crippen molar-refractivity contribution in [3.05, 3.63) is 24.3 Å². The Morgan fingerprint density at radius 3 is 3.13 bits per heavy atom. The number of carbonyl (C=O) groups excluding carboxylic acids is 1. The normalized spacial score (nSPS) is 20.1. The van der Waals surface area contributed by atoms with Gasteiger partial charge in [0.2, 0.25) is 11.9 Å². The molecule has 4 heteroatoms. The molecular formula is C11H11N3O. The Labute approximate surface area is 86.9 Å². The smallest absolute Gasteiger partial charge is 0.231 e. The predicted molar refractivity (Wildman–Crippen MR) is 57.5 cm³/mol. The molecule has 1 aromatic heterocycles. The minimum absolute atomic E-state index is 0.00936. The lowest BCUT2D eigenvalue weighted by molar-refractivity contribution is -0.120. The molecule has 0 fully saturated rings. The van der Waals surface area contributed by atoms with Crippen LogP contribution < -0.4 is 5.32 Å². The van der Waals surface area contributed by atoms with E-state index in [0.717, 1.165) is 11.0 Å². The molecule has 2 aromatic rings. The number of hydrogen-bond acceptors (Lipinski definition) is 2. The number of aromatic nitrogens is 2. The SMILES string of the molecule is C[C@@H]1Cn2c(nc3ccccc32)NC1=O. The van der Waals surface area contributed by atoms with Gasteiger partial charge in [0, 0.05) is 6.54 Å². The van der Waals surface area contributed by atoms with E-state index in [9.17, 15) is 4.79 Å². The van der Waals surface area contributed by atoms with Gasteiger partial charge < -0.3 is 4.57 Å². The Bertz CT molecular complexity index is 544. The molecule has 4 nitrogen and oxygen atoms in total. The summed E-state index contributed by atoms with van der Waals surface area (Å²) < 4.78 is 2.06. The number of benzene rings is 1. The number of hydrogen-bond donors (Lipinski definition) is 1. The maximum atomic E-state index is 11.5. The maximum Gasteiger partial charge on any atom is 0.231 e. The van der Waals surface area contributed by atoms with Crippen molar-refractivity contribution in [1.82, 2.24) is 9.55 Å². The number of nitrogens with zero attached hydrogens (tertiary/aromatic N) is 2. The number of carbonyl (C=O) groups is 1. The zero-order chi connectivity index (χ0) is 10.4. The van der Waals surface area contributed by atoms with Crippen LogP contribution in [0.25, 0.3) is 11.0 Å². The summed E-state index contributed by atoms with van der Waals surface area (Å²) in [4.78, 5) is 15.8. The molecule has 0 spiro atoms. The maximum absolute atomic E-state index is 11.5. The molecule has 1 atom stereocenters. The summed E-state index contributed by atoms with van der Waals surface area (Å²) >= 11 is 0. The van der Waals surface area contributed by atoms with E-state index in [1.807, 2.05) is 31.2 Å². The van der Waals surface area contributed by atoms with Gasteiger partial charge in [-0.2, -0.15) is 0 Å². The number of anilines is 1. The third-order valence-corrected chi connectivity index (χ3v) is 2.79. The van der Waals surface area contributed by atoms with Gasteiger partial charge in [-0.3, -0.25) is 10.1 Å². The van der Waals surface area contributed by atoms with Crippen LogP contribution in [0.3, 0.4) is 0 Å². The first-order valence-electron chi connectivity index (χ1n) is 5.02. The van der Waals surface area contributed by atoms with Crippen molar-refractivity contribution >= 4 is 22.9 Å². The van der Waals surface area contributed by atoms with E-state index in [1.54, 1.807) is 0 Å². The largest absolute Gasteiger partial charge is 0.309 e. The number of amides is 1. The van der Waals surface area contributed by atoms with Crippen LogP contribution in [-0.2, 0) is 11.3 Å². The molecule has 0 saturated heterocycles. The zero-order valence-electron chi connectivity index (χ0n) is 8.40. The van der Waals surface area contributed by atoms with E-state index in [-0.39, 0.29) is 11.8 Å².